The van der Waals surface area contributed by atoms with Crippen molar-refractivity contribution in [2.24, 2.45) is 0 Å². The average molecular weight is 331 g/mol. The first-order valence-corrected chi connectivity index (χ1v) is 8.47. The minimum Gasteiger partial charge on any atom is -0.494 e. The number of rotatable bonds is 8. The van der Waals surface area contributed by atoms with Crippen LogP contribution in [-0.4, -0.2) is 18.2 Å². The van der Waals surface area contributed by atoms with Crippen molar-refractivity contribution < 1.29 is 9.47 Å². The van der Waals surface area contributed by atoms with Gasteiger partial charge in [0.2, 0.25) is 0 Å². The molecule has 0 amide bonds. The highest BCUT2D eigenvalue weighted by atomic mass is 16.5. The van der Waals surface area contributed by atoms with Crippen molar-refractivity contribution in [3.63, 3.8) is 0 Å². The molecule has 0 unspecified atom stereocenters. The molecule has 0 radical (unpaired) electrons. The smallest absolute Gasteiger partial charge is 0.148 e. The van der Waals surface area contributed by atoms with Gasteiger partial charge in [0, 0.05) is 12.4 Å². The summed E-state index contributed by atoms with van der Waals surface area (Å²) in [5.74, 6) is 4.15. The lowest BCUT2D eigenvalue weighted by Crippen LogP contribution is -1.98. The summed E-state index contributed by atoms with van der Waals surface area (Å²) in [5.41, 5.74) is 1.27. The molecule has 0 aliphatic carbocycles. The van der Waals surface area contributed by atoms with Gasteiger partial charge < -0.3 is 9.47 Å². The van der Waals surface area contributed by atoms with Crippen molar-refractivity contribution in [3.05, 3.63) is 66.5 Å². The highest BCUT2D eigenvalue weighted by Crippen LogP contribution is 2.25. The summed E-state index contributed by atoms with van der Waals surface area (Å²) in [4.78, 5) is 4.13. The fourth-order valence-corrected chi connectivity index (χ4v) is 2.67. The third-order valence-corrected chi connectivity index (χ3v) is 3.96. The second-order valence-corrected chi connectivity index (χ2v) is 5.83. The van der Waals surface area contributed by atoms with Gasteiger partial charge in [-0.25, -0.2) is 0 Å². The number of pyridine rings is 1. The second-order valence-electron chi connectivity index (χ2n) is 5.83. The topological polar surface area (TPSA) is 31.4 Å². The van der Waals surface area contributed by atoms with Crippen molar-refractivity contribution in [1.82, 2.24) is 4.98 Å². The molecule has 3 rings (SSSR count). The van der Waals surface area contributed by atoms with Crippen LogP contribution in [-0.2, 0) is 6.42 Å². The molecule has 0 bridgehead atoms. The van der Waals surface area contributed by atoms with E-state index in [1.165, 1.54) is 5.56 Å². The van der Waals surface area contributed by atoms with Gasteiger partial charge in [-0.05, 0) is 65.9 Å². The summed E-state index contributed by atoms with van der Waals surface area (Å²) in [5, 5.41) is 2.24. The summed E-state index contributed by atoms with van der Waals surface area (Å²) < 4.78 is 11.3. The van der Waals surface area contributed by atoms with Crippen molar-refractivity contribution in [2.45, 2.75) is 19.3 Å². The Kier molecular flexibility index (Phi) is 5.90. The number of nitrogens with zero attached hydrogens (tertiary/aromatic N) is 1. The molecule has 2 aromatic carbocycles. The normalized spacial score (nSPS) is 10.4. The molecule has 0 spiro atoms. The second kappa shape index (κ2) is 8.75. The summed E-state index contributed by atoms with van der Waals surface area (Å²) in [7, 11) is 0. The molecule has 3 heteroatoms. The van der Waals surface area contributed by atoms with Crippen LogP contribution in [0.2, 0.25) is 0 Å². The van der Waals surface area contributed by atoms with Crippen molar-refractivity contribution >= 4 is 10.8 Å². The van der Waals surface area contributed by atoms with E-state index in [1.807, 2.05) is 42.6 Å². The zero-order valence-corrected chi connectivity index (χ0v) is 14.2. The predicted octanol–water partition coefficient (Wildman–Crippen LogP) is 4.65. The van der Waals surface area contributed by atoms with Gasteiger partial charge in [0.05, 0.1) is 6.61 Å². The lowest BCUT2D eigenvalue weighted by atomic mass is 10.1. The van der Waals surface area contributed by atoms with Gasteiger partial charge in [-0.1, -0.05) is 24.1 Å². The lowest BCUT2D eigenvalue weighted by molar-refractivity contribution is 0.307. The Labute approximate surface area is 148 Å². The van der Waals surface area contributed by atoms with E-state index in [2.05, 4.69) is 23.0 Å². The van der Waals surface area contributed by atoms with Gasteiger partial charge in [0.15, 0.2) is 0 Å². The van der Waals surface area contributed by atoms with E-state index in [1.54, 1.807) is 6.20 Å². The minimum absolute atomic E-state index is 0.283. The molecule has 3 aromatic rings. The summed E-state index contributed by atoms with van der Waals surface area (Å²) in [6, 6.07) is 16.1. The third-order valence-electron chi connectivity index (χ3n) is 3.96. The number of aromatic nitrogens is 1. The first kappa shape index (κ1) is 16.9. The van der Waals surface area contributed by atoms with Crippen LogP contribution in [0.25, 0.3) is 10.8 Å². The Hall–Kier alpha value is -2.99. The van der Waals surface area contributed by atoms with E-state index in [0.29, 0.717) is 0 Å². The highest BCUT2D eigenvalue weighted by Gasteiger charge is 2.01. The Morgan fingerprint density at radius 2 is 1.68 bits per heavy atom. The SMILES string of the molecule is C#CCOc1ccc2cc(OCCCCc3cccnc3)ccc2c1. The minimum atomic E-state index is 0.283. The van der Waals surface area contributed by atoms with Crippen LogP contribution < -0.4 is 9.47 Å². The Balaban J connectivity index is 1.49. The van der Waals surface area contributed by atoms with Gasteiger partial charge >= 0.3 is 0 Å². The lowest BCUT2D eigenvalue weighted by Gasteiger charge is -2.09. The first-order valence-electron chi connectivity index (χ1n) is 8.47. The molecular formula is C22H21NO2. The standard InChI is InChI=1S/C22H21NO2/c1-2-13-24-21-10-8-20-16-22(11-9-19(20)15-21)25-14-4-3-6-18-7-5-12-23-17-18/h1,5,7-12,15-17H,3-4,6,13-14H2. The number of aryl methyl sites for hydroxylation is 1. The van der Waals surface area contributed by atoms with Crippen LogP contribution in [0.1, 0.15) is 18.4 Å². The van der Waals surface area contributed by atoms with Crippen LogP contribution in [0.3, 0.4) is 0 Å². The number of terminal acetylenes is 1. The maximum Gasteiger partial charge on any atom is 0.148 e. The van der Waals surface area contributed by atoms with Crippen LogP contribution in [0, 0.1) is 12.3 Å². The van der Waals surface area contributed by atoms with Crippen LogP contribution >= 0.6 is 0 Å². The van der Waals surface area contributed by atoms with Crippen LogP contribution in [0.4, 0.5) is 0 Å². The molecule has 0 saturated carbocycles. The fourth-order valence-electron chi connectivity index (χ4n) is 2.67. The maximum atomic E-state index is 5.87. The van der Waals surface area contributed by atoms with E-state index >= 15 is 0 Å². The number of hydrogen-bond acceptors (Lipinski definition) is 3. The maximum absolute atomic E-state index is 5.87. The molecule has 0 atom stereocenters. The largest absolute Gasteiger partial charge is 0.494 e. The van der Waals surface area contributed by atoms with Crippen molar-refractivity contribution in [2.75, 3.05) is 13.2 Å². The molecule has 25 heavy (non-hydrogen) atoms. The molecular weight excluding hydrogens is 310 g/mol. The van der Waals surface area contributed by atoms with E-state index in [0.717, 1.165) is 48.1 Å². The molecule has 1 aromatic heterocycles. The molecule has 1 heterocycles. The monoisotopic (exact) mass is 331 g/mol. The highest BCUT2D eigenvalue weighted by molar-refractivity contribution is 5.85. The molecule has 0 N–H and O–H groups in total. The number of hydrogen-bond donors (Lipinski definition) is 0. The van der Waals surface area contributed by atoms with E-state index in [-0.39, 0.29) is 6.61 Å². The zero-order chi connectivity index (χ0) is 17.3. The Morgan fingerprint density at radius 1 is 0.920 bits per heavy atom. The number of ether oxygens (including phenoxy) is 2. The fraction of sp³-hybridized carbons (Fsp3) is 0.227. The summed E-state index contributed by atoms with van der Waals surface area (Å²) >= 11 is 0. The number of unbranched alkanes of at least 4 members (excludes halogenated alkanes) is 1. The number of fused-ring (bicyclic) bond motifs is 1. The van der Waals surface area contributed by atoms with Crippen molar-refractivity contribution in [1.29, 1.82) is 0 Å². The van der Waals surface area contributed by atoms with Crippen molar-refractivity contribution in [3.8, 4) is 23.8 Å². The van der Waals surface area contributed by atoms with E-state index < -0.39 is 0 Å². The van der Waals surface area contributed by atoms with Gasteiger partial charge in [0.25, 0.3) is 0 Å². The molecule has 0 aliphatic heterocycles. The van der Waals surface area contributed by atoms with Gasteiger partial charge in [-0.2, -0.15) is 0 Å². The third kappa shape index (κ3) is 4.99. The summed E-state index contributed by atoms with van der Waals surface area (Å²) in [6.45, 7) is 1.00. The molecule has 0 fully saturated rings. The molecule has 0 saturated heterocycles. The van der Waals surface area contributed by atoms with E-state index in [9.17, 15) is 0 Å². The Bertz CT molecular complexity index is 853. The van der Waals surface area contributed by atoms with Crippen LogP contribution in [0.5, 0.6) is 11.5 Å². The number of benzene rings is 2. The van der Waals surface area contributed by atoms with Gasteiger partial charge in [0.1, 0.15) is 18.1 Å². The van der Waals surface area contributed by atoms with Gasteiger partial charge in [-0.3, -0.25) is 4.98 Å². The first-order chi connectivity index (χ1) is 12.3. The predicted molar refractivity (Wildman–Crippen MR) is 101 cm³/mol. The van der Waals surface area contributed by atoms with E-state index in [4.69, 9.17) is 15.9 Å². The zero-order valence-electron chi connectivity index (χ0n) is 14.2. The average Bonchev–Trinajstić information content (AvgIpc) is 2.66. The van der Waals surface area contributed by atoms with Crippen LogP contribution in [0.15, 0.2) is 60.9 Å². The summed E-state index contributed by atoms with van der Waals surface area (Å²) in [6.07, 6.45) is 12.1. The molecule has 3 nitrogen and oxygen atoms in total. The quantitative estimate of drug-likeness (QED) is 0.445. The molecule has 0 aliphatic rings. The molecule has 126 valence electrons. The van der Waals surface area contributed by atoms with Gasteiger partial charge in [-0.15, -0.1) is 6.42 Å². The Morgan fingerprint density at radius 3 is 2.36 bits per heavy atom.